The van der Waals surface area contributed by atoms with Gasteiger partial charge in [-0.1, -0.05) is 40.2 Å². The molecule has 0 amide bonds. The van der Waals surface area contributed by atoms with Crippen LogP contribution in [0, 0.1) is 34.0 Å². The van der Waals surface area contributed by atoms with E-state index < -0.39 is 17.1 Å². The number of fused-ring (bicyclic) bond motifs is 6. The topological polar surface area (TPSA) is 86.2 Å². The lowest BCUT2D eigenvalue weighted by molar-refractivity contribution is -0.214. The maximum atomic E-state index is 13.0. The Hall–Kier alpha value is -1.46. The second-order valence-corrected chi connectivity index (χ2v) is 11.3. The molecule has 1 heterocycles. The highest BCUT2D eigenvalue weighted by Crippen LogP contribution is 2.73. The third kappa shape index (κ3) is 2.07. The monoisotopic (exact) mass is 412 g/mol. The standard InChI is InChI=1S/C25H36N2O3/c1-6-20(28)25(30)14(2)9-18-17-8-7-16-10-19-15(13-26-27-19)11-22(16,3)24(17,5)21(29)12-23(18,25)4/h10,13-14,17-18,21,29-30H,6-9,11-12H2,1-5H3,(H,26,27)/t14-,17?,18?,21?,22?,23?,24-,25+/m1/s1. The number of rotatable bonds is 2. The first-order valence-corrected chi connectivity index (χ1v) is 11.7. The molecule has 0 saturated heterocycles. The number of carbonyl (C=O) groups is 1. The number of aromatic nitrogens is 2. The van der Waals surface area contributed by atoms with Gasteiger partial charge in [-0.25, -0.2) is 0 Å². The molecule has 0 radical (unpaired) electrons. The molecule has 4 aliphatic carbocycles. The minimum atomic E-state index is -1.34. The fourth-order valence-corrected chi connectivity index (χ4v) is 8.60. The van der Waals surface area contributed by atoms with Crippen molar-refractivity contribution in [3.05, 3.63) is 23.0 Å². The molecule has 5 heteroatoms. The molecule has 1 aromatic rings. The normalized spacial score (nSPS) is 49.5. The molecule has 0 aliphatic heterocycles. The Labute approximate surface area is 179 Å². The van der Waals surface area contributed by atoms with E-state index in [-0.39, 0.29) is 34.4 Å². The number of aliphatic hydroxyl groups is 2. The molecule has 5 rings (SSSR count). The predicted octanol–water partition coefficient (Wildman–Crippen LogP) is 3.91. The summed E-state index contributed by atoms with van der Waals surface area (Å²) >= 11 is 0. The number of Topliss-reactive ketones (excluding diaryl/α,β-unsaturated/α-hetero) is 1. The molecule has 1 aromatic heterocycles. The molecular formula is C25H36N2O3. The number of hydrogen-bond donors (Lipinski definition) is 3. The number of carbonyl (C=O) groups excluding carboxylic acids is 1. The second-order valence-electron chi connectivity index (χ2n) is 11.3. The lowest BCUT2D eigenvalue weighted by Crippen LogP contribution is -2.67. The van der Waals surface area contributed by atoms with Crippen molar-refractivity contribution in [3.8, 4) is 0 Å². The van der Waals surface area contributed by atoms with Crippen LogP contribution in [0.5, 0.6) is 0 Å². The molecule has 4 aliphatic rings. The summed E-state index contributed by atoms with van der Waals surface area (Å²) in [6.45, 7) is 10.6. The molecule has 0 bridgehead atoms. The average molecular weight is 413 g/mol. The van der Waals surface area contributed by atoms with Crippen LogP contribution in [0.15, 0.2) is 11.8 Å². The summed E-state index contributed by atoms with van der Waals surface area (Å²) in [6, 6.07) is 0. The van der Waals surface area contributed by atoms with Crippen LogP contribution in [-0.4, -0.2) is 37.9 Å². The second kappa shape index (κ2) is 6.07. The summed E-state index contributed by atoms with van der Waals surface area (Å²) < 4.78 is 0. The highest BCUT2D eigenvalue weighted by atomic mass is 16.3. The van der Waals surface area contributed by atoms with E-state index in [0.29, 0.717) is 12.8 Å². The average Bonchev–Trinajstić information content (AvgIpc) is 3.22. The van der Waals surface area contributed by atoms with E-state index in [1.165, 1.54) is 11.1 Å². The van der Waals surface area contributed by atoms with Crippen LogP contribution in [-0.2, 0) is 11.2 Å². The summed E-state index contributed by atoms with van der Waals surface area (Å²) in [7, 11) is 0. The zero-order chi connectivity index (χ0) is 21.7. The van der Waals surface area contributed by atoms with E-state index in [2.05, 4.69) is 37.0 Å². The van der Waals surface area contributed by atoms with E-state index in [9.17, 15) is 15.0 Å². The van der Waals surface area contributed by atoms with Crippen LogP contribution in [0.2, 0.25) is 0 Å². The summed E-state index contributed by atoms with van der Waals surface area (Å²) in [5.74, 6) is 0.388. The lowest BCUT2D eigenvalue weighted by Gasteiger charge is -2.66. The van der Waals surface area contributed by atoms with Gasteiger partial charge in [0.1, 0.15) is 5.60 Å². The molecule has 3 fully saturated rings. The van der Waals surface area contributed by atoms with Gasteiger partial charge in [0.25, 0.3) is 0 Å². The minimum absolute atomic E-state index is 0.0564. The molecular weight excluding hydrogens is 376 g/mol. The van der Waals surface area contributed by atoms with E-state index in [1.807, 2.05) is 20.0 Å². The molecule has 0 aromatic carbocycles. The minimum Gasteiger partial charge on any atom is -0.392 e. The number of H-pyrrole nitrogens is 1. The third-order valence-electron chi connectivity index (χ3n) is 10.6. The van der Waals surface area contributed by atoms with Crippen molar-refractivity contribution in [2.24, 2.45) is 34.0 Å². The van der Waals surface area contributed by atoms with Gasteiger partial charge in [-0.2, -0.15) is 5.10 Å². The van der Waals surface area contributed by atoms with E-state index in [4.69, 9.17) is 0 Å². The van der Waals surface area contributed by atoms with Gasteiger partial charge >= 0.3 is 0 Å². The van der Waals surface area contributed by atoms with Crippen molar-refractivity contribution in [1.82, 2.24) is 10.2 Å². The Balaban J connectivity index is 1.62. The van der Waals surface area contributed by atoms with Crippen LogP contribution in [0.4, 0.5) is 0 Å². The third-order valence-corrected chi connectivity index (χ3v) is 10.6. The van der Waals surface area contributed by atoms with Crippen molar-refractivity contribution in [1.29, 1.82) is 0 Å². The Morgan fingerprint density at radius 2 is 2.03 bits per heavy atom. The van der Waals surface area contributed by atoms with Crippen molar-refractivity contribution in [2.45, 2.75) is 84.8 Å². The molecule has 164 valence electrons. The Bertz CT molecular complexity index is 937. The van der Waals surface area contributed by atoms with Gasteiger partial charge in [0.05, 0.1) is 18.0 Å². The van der Waals surface area contributed by atoms with E-state index >= 15 is 0 Å². The highest BCUT2D eigenvalue weighted by molar-refractivity contribution is 5.88. The summed E-state index contributed by atoms with van der Waals surface area (Å²) in [6.07, 6.45) is 8.20. The lowest BCUT2D eigenvalue weighted by atomic mass is 9.39. The number of nitrogens with one attached hydrogen (secondary N) is 1. The first-order valence-electron chi connectivity index (χ1n) is 11.7. The number of allylic oxidation sites excluding steroid dienone is 1. The zero-order valence-electron chi connectivity index (χ0n) is 19.0. The van der Waals surface area contributed by atoms with Crippen LogP contribution in [0.1, 0.15) is 78.0 Å². The Kier molecular flexibility index (Phi) is 4.14. The number of nitrogens with zero attached hydrogens (tertiary/aromatic N) is 1. The SMILES string of the molecule is CCC(=O)[C@@]1(O)[C@H](C)CC2C3CCC4=Cc5[nH]ncc5CC4(C)[C@@]3(C)C(O)CC21C. The quantitative estimate of drug-likeness (QED) is 0.687. The maximum absolute atomic E-state index is 13.0. The van der Waals surface area contributed by atoms with Gasteiger partial charge in [-0.3, -0.25) is 9.89 Å². The first kappa shape index (κ1) is 20.4. The van der Waals surface area contributed by atoms with Crippen molar-refractivity contribution < 1.29 is 15.0 Å². The zero-order valence-corrected chi connectivity index (χ0v) is 19.0. The van der Waals surface area contributed by atoms with E-state index in [0.717, 1.165) is 31.4 Å². The maximum Gasteiger partial charge on any atom is 0.164 e. The molecule has 0 spiro atoms. The number of ketones is 1. The van der Waals surface area contributed by atoms with Gasteiger partial charge in [0, 0.05) is 22.7 Å². The molecule has 8 atom stereocenters. The fourth-order valence-electron chi connectivity index (χ4n) is 8.60. The van der Waals surface area contributed by atoms with Gasteiger partial charge < -0.3 is 10.2 Å². The summed E-state index contributed by atoms with van der Waals surface area (Å²) in [5.41, 5.74) is 1.39. The van der Waals surface area contributed by atoms with Gasteiger partial charge in [-0.15, -0.1) is 0 Å². The van der Waals surface area contributed by atoms with Gasteiger partial charge in [-0.05, 0) is 61.5 Å². The molecule has 5 unspecified atom stereocenters. The summed E-state index contributed by atoms with van der Waals surface area (Å²) in [5, 5.41) is 30.9. The van der Waals surface area contributed by atoms with Crippen molar-refractivity contribution in [3.63, 3.8) is 0 Å². The molecule has 5 nitrogen and oxygen atoms in total. The number of hydrogen-bond acceptors (Lipinski definition) is 4. The van der Waals surface area contributed by atoms with Crippen LogP contribution < -0.4 is 0 Å². The van der Waals surface area contributed by atoms with E-state index in [1.54, 1.807) is 0 Å². The van der Waals surface area contributed by atoms with Crippen LogP contribution in [0.3, 0.4) is 0 Å². The van der Waals surface area contributed by atoms with Crippen molar-refractivity contribution >= 4 is 11.9 Å². The Morgan fingerprint density at radius 3 is 2.73 bits per heavy atom. The largest absolute Gasteiger partial charge is 0.392 e. The smallest absolute Gasteiger partial charge is 0.164 e. The predicted molar refractivity (Wildman–Crippen MR) is 115 cm³/mol. The highest BCUT2D eigenvalue weighted by Gasteiger charge is 2.73. The fraction of sp³-hybridized carbons (Fsp3) is 0.760. The van der Waals surface area contributed by atoms with Crippen LogP contribution in [0.25, 0.3) is 6.08 Å². The van der Waals surface area contributed by atoms with Crippen LogP contribution >= 0.6 is 0 Å². The molecule has 3 saturated carbocycles. The summed E-state index contributed by atoms with van der Waals surface area (Å²) in [4.78, 5) is 13.0. The Morgan fingerprint density at radius 1 is 1.30 bits per heavy atom. The molecule has 30 heavy (non-hydrogen) atoms. The first-order chi connectivity index (χ1) is 14.0. The van der Waals surface area contributed by atoms with Crippen molar-refractivity contribution in [2.75, 3.05) is 0 Å². The molecule has 3 N–H and O–H groups in total. The van der Waals surface area contributed by atoms with Gasteiger partial charge in [0.15, 0.2) is 5.78 Å². The number of aromatic amines is 1. The van der Waals surface area contributed by atoms with Gasteiger partial charge in [0.2, 0.25) is 0 Å². The number of aliphatic hydroxyl groups excluding tert-OH is 1.